The molecule has 2 aliphatic rings. The molecule has 0 aromatic heterocycles. The summed E-state index contributed by atoms with van der Waals surface area (Å²) in [6.45, 7) is 2.97. The van der Waals surface area contributed by atoms with Gasteiger partial charge in [0.05, 0.1) is 11.8 Å². The fourth-order valence-corrected chi connectivity index (χ4v) is 2.22. The van der Waals surface area contributed by atoms with Crippen molar-refractivity contribution in [1.82, 2.24) is 10.2 Å². The molecule has 0 spiro atoms. The van der Waals surface area contributed by atoms with Gasteiger partial charge in [-0.2, -0.15) is 0 Å². The quantitative estimate of drug-likeness (QED) is 0.542. The topological polar surface area (TPSA) is 75.4 Å². The Morgan fingerprint density at radius 2 is 1.86 bits per heavy atom. The van der Waals surface area contributed by atoms with E-state index in [2.05, 4.69) is 10.2 Å². The van der Waals surface area contributed by atoms with Gasteiger partial charge in [0.25, 0.3) is 0 Å². The summed E-state index contributed by atoms with van der Waals surface area (Å²) in [5, 5.41) is 2.37. The number of amides is 2. The van der Waals surface area contributed by atoms with Crippen molar-refractivity contribution < 1.29 is 9.59 Å². The third kappa shape index (κ3) is 1.53. The lowest BCUT2D eigenvalue weighted by Crippen LogP contribution is -2.32. The molecular formula is C9H15N3O2. The molecule has 2 saturated heterocycles. The van der Waals surface area contributed by atoms with Gasteiger partial charge in [-0.3, -0.25) is 14.9 Å². The van der Waals surface area contributed by atoms with Crippen molar-refractivity contribution in [2.24, 2.45) is 17.6 Å². The second-order valence-corrected chi connectivity index (χ2v) is 3.97. The van der Waals surface area contributed by atoms with Crippen LogP contribution in [0.3, 0.4) is 0 Å². The number of carbonyl (C=O) groups is 2. The van der Waals surface area contributed by atoms with Gasteiger partial charge < -0.3 is 10.6 Å². The normalized spacial score (nSPS) is 32.1. The number of nitrogens with zero attached hydrogens (tertiary/aromatic N) is 1. The second-order valence-electron chi connectivity index (χ2n) is 3.97. The summed E-state index contributed by atoms with van der Waals surface area (Å²) >= 11 is 0. The highest BCUT2D eigenvalue weighted by Crippen LogP contribution is 2.27. The number of hydrogen-bond acceptors (Lipinski definition) is 4. The molecule has 2 amide bonds. The van der Waals surface area contributed by atoms with E-state index >= 15 is 0 Å². The van der Waals surface area contributed by atoms with Gasteiger partial charge in [-0.25, -0.2) is 0 Å². The first-order chi connectivity index (χ1) is 6.72. The number of nitrogens with two attached hydrogens (primary N) is 1. The average molecular weight is 197 g/mol. The van der Waals surface area contributed by atoms with Crippen molar-refractivity contribution in [3.8, 4) is 0 Å². The van der Waals surface area contributed by atoms with Crippen molar-refractivity contribution in [2.45, 2.75) is 6.42 Å². The summed E-state index contributed by atoms with van der Waals surface area (Å²) in [6, 6.07) is 0. The van der Waals surface area contributed by atoms with Crippen molar-refractivity contribution >= 4 is 11.8 Å². The van der Waals surface area contributed by atoms with E-state index < -0.39 is 0 Å². The van der Waals surface area contributed by atoms with Gasteiger partial charge in [0.2, 0.25) is 11.8 Å². The first kappa shape index (κ1) is 9.61. The molecule has 0 aromatic carbocycles. The van der Waals surface area contributed by atoms with Crippen molar-refractivity contribution in [1.29, 1.82) is 0 Å². The zero-order valence-electron chi connectivity index (χ0n) is 8.03. The Bertz CT molecular complexity index is 245. The van der Waals surface area contributed by atoms with Crippen LogP contribution < -0.4 is 11.1 Å². The maximum atomic E-state index is 11.3. The van der Waals surface area contributed by atoms with Crippen LogP contribution in [0, 0.1) is 11.8 Å². The standard InChI is InChI=1S/C9H15N3O2/c10-2-1-3-12-4-6-7(5-12)9(14)11-8(6)13/h6-7H,1-5,10H2,(H,11,13,14)/t6-,7-/m1/s1. The number of carbonyl (C=O) groups excluding carboxylic acids is 2. The Hall–Kier alpha value is -0.940. The molecule has 2 rings (SSSR count). The summed E-state index contributed by atoms with van der Waals surface area (Å²) in [6.07, 6.45) is 0.926. The van der Waals surface area contributed by atoms with Gasteiger partial charge in [0.15, 0.2) is 0 Å². The van der Waals surface area contributed by atoms with E-state index in [1.54, 1.807) is 0 Å². The fraction of sp³-hybridized carbons (Fsp3) is 0.778. The molecule has 0 aromatic rings. The molecule has 5 nitrogen and oxygen atoms in total. The van der Waals surface area contributed by atoms with E-state index in [0.29, 0.717) is 19.6 Å². The smallest absolute Gasteiger partial charge is 0.231 e. The highest BCUT2D eigenvalue weighted by atomic mass is 16.2. The Morgan fingerprint density at radius 3 is 2.36 bits per heavy atom. The summed E-state index contributed by atoms with van der Waals surface area (Å²) in [5.41, 5.74) is 5.40. The maximum Gasteiger partial charge on any atom is 0.231 e. The molecule has 0 radical (unpaired) electrons. The van der Waals surface area contributed by atoms with Gasteiger partial charge in [0, 0.05) is 13.1 Å². The Morgan fingerprint density at radius 1 is 1.29 bits per heavy atom. The predicted molar refractivity (Wildman–Crippen MR) is 50.2 cm³/mol. The third-order valence-electron chi connectivity index (χ3n) is 2.99. The van der Waals surface area contributed by atoms with Gasteiger partial charge in [0.1, 0.15) is 0 Å². The summed E-state index contributed by atoms with van der Waals surface area (Å²) in [4.78, 5) is 24.8. The van der Waals surface area contributed by atoms with Crippen LogP contribution in [0.5, 0.6) is 0 Å². The van der Waals surface area contributed by atoms with Crippen LogP contribution in [-0.2, 0) is 9.59 Å². The first-order valence-corrected chi connectivity index (χ1v) is 4.99. The first-order valence-electron chi connectivity index (χ1n) is 4.99. The number of rotatable bonds is 3. The fourth-order valence-electron chi connectivity index (χ4n) is 2.22. The van der Waals surface area contributed by atoms with Crippen LogP contribution in [0.1, 0.15) is 6.42 Å². The molecule has 0 unspecified atom stereocenters. The molecule has 0 aliphatic carbocycles. The lowest BCUT2D eigenvalue weighted by Gasteiger charge is -2.15. The van der Waals surface area contributed by atoms with Crippen molar-refractivity contribution in [3.05, 3.63) is 0 Å². The molecule has 78 valence electrons. The predicted octanol–water partition coefficient (Wildman–Crippen LogP) is -1.46. The Kier molecular flexibility index (Phi) is 2.52. The minimum Gasteiger partial charge on any atom is -0.330 e. The molecule has 3 N–H and O–H groups in total. The molecule has 0 bridgehead atoms. The Labute approximate surface area is 82.6 Å². The maximum absolute atomic E-state index is 11.3. The highest BCUT2D eigenvalue weighted by molar-refractivity contribution is 6.05. The number of fused-ring (bicyclic) bond motifs is 1. The van der Waals surface area contributed by atoms with Crippen molar-refractivity contribution in [3.63, 3.8) is 0 Å². The van der Waals surface area contributed by atoms with E-state index in [1.807, 2.05) is 0 Å². The van der Waals surface area contributed by atoms with Gasteiger partial charge in [-0.15, -0.1) is 0 Å². The van der Waals surface area contributed by atoms with E-state index in [9.17, 15) is 9.59 Å². The largest absolute Gasteiger partial charge is 0.330 e. The second kappa shape index (κ2) is 3.67. The van der Waals surface area contributed by atoms with Gasteiger partial charge >= 0.3 is 0 Å². The molecule has 0 saturated carbocycles. The van der Waals surface area contributed by atoms with Crippen LogP contribution >= 0.6 is 0 Å². The summed E-state index contributed by atoms with van der Waals surface area (Å²) in [7, 11) is 0. The molecular weight excluding hydrogens is 182 g/mol. The van der Waals surface area contributed by atoms with Crippen LogP contribution in [0.2, 0.25) is 0 Å². The minimum absolute atomic E-state index is 0.102. The molecule has 2 atom stereocenters. The SMILES string of the molecule is NCCCN1C[C@H]2C(=O)NC(=O)[C@@H]2C1. The molecule has 2 fully saturated rings. The average Bonchev–Trinajstić information content (AvgIpc) is 2.67. The van der Waals surface area contributed by atoms with Gasteiger partial charge in [-0.05, 0) is 19.5 Å². The third-order valence-corrected chi connectivity index (χ3v) is 2.99. The summed E-state index contributed by atoms with van der Waals surface area (Å²) in [5.74, 6) is -0.425. The molecule has 2 heterocycles. The van der Waals surface area contributed by atoms with E-state index in [-0.39, 0.29) is 23.7 Å². The number of imide groups is 1. The zero-order valence-corrected chi connectivity index (χ0v) is 8.03. The van der Waals surface area contributed by atoms with Crippen LogP contribution in [0.25, 0.3) is 0 Å². The van der Waals surface area contributed by atoms with Gasteiger partial charge in [-0.1, -0.05) is 0 Å². The van der Waals surface area contributed by atoms with E-state index in [1.165, 1.54) is 0 Å². The van der Waals surface area contributed by atoms with E-state index in [4.69, 9.17) is 5.73 Å². The van der Waals surface area contributed by atoms with Crippen LogP contribution in [0.4, 0.5) is 0 Å². The lowest BCUT2D eigenvalue weighted by molar-refractivity contribution is -0.126. The number of likely N-dealkylation sites (tertiary alicyclic amines) is 1. The lowest BCUT2D eigenvalue weighted by atomic mass is 10.00. The highest BCUT2D eigenvalue weighted by Gasteiger charge is 2.47. The zero-order chi connectivity index (χ0) is 10.1. The summed E-state index contributed by atoms with van der Waals surface area (Å²) < 4.78 is 0. The number of hydrogen-bond donors (Lipinski definition) is 2. The van der Waals surface area contributed by atoms with E-state index in [0.717, 1.165) is 13.0 Å². The molecule has 14 heavy (non-hydrogen) atoms. The monoisotopic (exact) mass is 197 g/mol. The Balaban J connectivity index is 1.94. The minimum atomic E-state index is -0.111. The molecule has 2 aliphatic heterocycles. The molecule has 5 heteroatoms. The number of nitrogens with one attached hydrogen (secondary N) is 1. The van der Waals surface area contributed by atoms with Crippen LogP contribution in [0.15, 0.2) is 0 Å². The van der Waals surface area contributed by atoms with Crippen molar-refractivity contribution in [2.75, 3.05) is 26.2 Å². The van der Waals surface area contributed by atoms with Crippen LogP contribution in [-0.4, -0.2) is 42.9 Å².